The molecule has 0 aliphatic rings. The van der Waals surface area contributed by atoms with Crippen LogP contribution in [0.15, 0.2) is 5.38 Å². The van der Waals surface area contributed by atoms with Gasteiger partial charge in [-0.1, -0.05) is 0 Å². The Morgan fingerprint density at radius 1 is 1.60 bits per heavy atom. The Morgan fingerprint density at radius 3 is 2.93 bits per heavy atom. The number of aromatic nitrogens is 1. The minimum atomic E-state index is -0.573. The second kappa shape index (κ2) is 5.30. The molecule has 0 aromatic carbocycles. The van der Waals surface area contributed by atoms with Gasteiger partial charge in [-0.15, -0.1) is 11.3 Å². The maximum absolute atomic E-state index is 11.0. The van der Waals surface area contributed by atoms with E-state index >= 15 is 0 Å². The molecule has 0 fully saturated rings. The number of amides is 2. The Kier molecular flexibility index (Phi) is 4.04. The summed E-state index contributed by atoms with van der Waals surface area (Å²) in [6, 6.07) is 0. The monoisotopic (exact) mass is 229 g/mol. The van der Waals surface area contributed by atoms with Crippen LogP contribution in [0.3, 0.4) is 0 Å². The third-order valence-electron chi connectivity index (χ3n) is 1.57. The summed E-state index contributed by atoms with van der Waals surface area (Å²) in [5, 5.41) is 7.03. The molecule has 82 valence electrons. The Hall–Kier alpha value is -1.63. The average Bonchev–Trinajstić information content (AvgIpc) is 2.65. The molecule has 1 aromatic heterocycles. The number of nitrogens with zero attached hydrogens (tertiary/aromatic N) is 1. The van der Waals surface area contributed by atoms with Crippen molar-refractivity contribution >= 4 is 28.5 Å². The number of methoxy groups -OCH3 is 1. The van der Waals surface area contributed by atoms with Gasteiger partial charge in [-0.2, -0.15) is 0 Å². The number of carbonyl (C=O) groups excluding carboxylic acids is 2. The highest BCUT2D eigenvalue weighted by atomic mass is 32.1. The van der Waals surface area contributed by atoms with Gasteiger partial charge < -0.3 is 10.1 Å². The van der Waals surface area contributed by atoms with Gasteiger partial charge in [-0.25, -0.2) is 9.78 Å². The van der Waals surface area contributed by atoms with Crippen molar-refractivity contribution in [2.45, 2.75) is 6.42 Å². The first kappa shape index (κ1) is 11.4. The van der Waals surface area contributed by atoms with E-state index in [-0.39, 0.29) is 12.3 Å². The SMILES string of the molecule is CNC(=O)Cc1csc(NC(=O)OC)n1. The van der Waals surface area contributed by atoms with Crippen LogP contribution in [0.4, 0.5) is 9.93 Å². The summed E-state index contributed by atoms with van der Waals surface area (Å²) in [5.41, 5.74) is 0.616. The van der Waals surface area contributed by atoms with Gasteiger partial charge in [0.25, 0.3) is 0 Å². The summed E-state index contributed by atoms with van der Waals surface area (Å²) in [7, 11) is 2.83. The van der Waals surface area contributed by atoms with E-state index in [2.05, 4.69) is 20.4 Å². The summed E-state index contributed by atoms with van der Waals surface area (Å²) in [4.78, 5) is 25.9. The zero-order chi connectivity index (χ0) is 11.3. The number of hydrogen-bond acceptors (Lipinski definition) is 5. The molecule has 6 nitrogen and oxygen atoms in total. The second-order valence-corrected chi connectivity index (χ2v) is 3.47. The lowest BCUT2D eigenvalue weighted by Gasteiger charge is -1.97. The molecule has 0 atom stereocenters. The molecular weight excluding hydrogens is 218 g/mol. The van der Waals surface area contributed by atoms with Crippen LogP contribution in [0.1, 0.15) is 5.69 Å². The largest absolute Gasteiger partial charge is 0.453 e. The first-order valence-corrected chi connectivity index (χ1v) is 5.03. The van der Waals surface area contributed by atoms with Crippen molar-refractivity contribution in [1.82, 2.24) is 10.3 Å². The Morgan fingerprint density at radius 2 is 2.33 bits per heavy atom. The quantitative estimate of drug-likeness (QED) is 0.795. The highest BCUT2D eigenvalue weighted by Crippen LogP contribution is 2.15. The Bertz CT molecular complexity index is 331. The molecule has 1 rings (SSSR count). The van der Waals surface area contributed by atoms with Crippen LogP contribution < -0.4 is 10.6 Å². The van der Waals surface area contributed by atoms with Gasteiger partial charge in [0, 0.05) is 12.4 Å². The minimum Gasteiger partial charge on any atom is -0.453 e. The fourth-order valence-corrected chi connectivity index (χ4v) is 1.53. The highest BCUT2D eigenvalue weighted by Gasteiger charge is 2.08. The molecule has 1 aromatic rings. The molecule has 0 saturated carbocycles. The van der Waals surface area contributed by atoms with Crippen LogP contribution in [-0.2, 0) is 16.0 Å². The molecule has 0 aliphatic heterocycles. The van der Waals surface area contributed by atoms with Crippen LogP contribution in [0.2, 0.25) is 0 Å². The van der Waals surface area contributed by atoms with Gasteiger partial charge >= 0.3 is 6.09 Å². The second-order valence-electron chi connectivity index (χ2n) is 2.61. The molecule has 0 radical (unpaired) electrons. The van der Waals surface area contributed by atoms with Gasteiger partial charge in [0.1, 0.15) is 0 Å². The van der Waals surface area contributed by atoms with Gasteiger partial charge in [0.2, 0.25) is 5.91 Å². The Labute approximate surface area is 90.7 Å². The van der Waals surface area contributed by atoms with Gasteiger partial charge in [0.15, 0.2) is 5.13 Å². The van der Waals surface area contributed by atoms with Crippen LogP contribution in [0, 0.1) is 0 Å². The third-order valence-corrected chi connectivity index (χ3v) is 2.37. The number of hydrogen-bond donors (Lipinski definition) is 2. The van der Waals surface area contributed by atoms with Crippen LogP contribution in [-0.4, -0.2) is 31.1 Å². The molecule has 2 amide bonds. The zero-order valence-corrected chi connectivity index (χ0v) is 9.18. The lowest BCUT2D eigenvalue weighted by Crippen LogP contribution is -2.20. The summed E-state index contributed by atoms with van der Waals surface area (Å²) in [6.07, 6.45) is -0.369. The maximum Gasteiger partial charge on any atom is 0.413 e. The maximum atomic E-state index is 11.0. The van der Waals surface area contributed by atoms with E-state index in [1.165, 1.54) is 18.4 Å². The van der Waals surface area contributed by atoms with Gasteiger partial charge in [0.05, 0.1) is 19.2 Å². The number of anilines is 1. The predicted molar refractivity (Wildman–Crippen MR) is 55.9 cm³/mol. The third kappa shape index (κ3) is 3.55. The molecule has 1 heterocycles. The lowest BCUT2D eigenvalue weighted by molar-refractivity contribution is -0.120. The van der Waals surface area contributed by atoms with Crippen molar-refractivity contribution in [2.24, 2.45) is 0 Å². The van der Waals surface area contributed by atoms with Crippen molar-refractivity contribution in [1.29, 1.82) is 0 Å². The predicted octanol–water partition coefficient (Wildman–Crippen LogP) is 0.610. The summed E-state index contributed by atoms with van der Waals surface area (Å²) < 4.78 is 4.40. The molecule has 0 spiro atoms. The van der Waals surface area contributed by atoms with Crippen molar-refractivity contribution in [3.8, 4) is 0 Å². The normalized spacial score (nSPS) is 9.47. The fraction of sp³-hybridized carbons (Fsp3) is 0.375. The molecule has 2 N–H and O–H groups in total. The molecular formula is C8H11N3O3S. The molecule has 0 bridgehead atoms. The molecule has 0 unspecified atom stereocenters. The van der Waals surface area contributed by atoms with Crippen molar-refractivity contribution in [2.75, 3.05) is 19.5 Å². The van der Waals surface area contributed by atoms with E-state index in [0.29, 0.717) is 10.8 Å². The van der Waals surface area contributed by atoms with Crippen LogP contribution in [0.25, 0.3) is 0 Å². The fourth-order valence-electron chi connectivity index (χ4n) is 0.837. The standard InChI is InChI=1S/C8H11N3O3S/c1-9-6(12)3-5-4-15-7(10-5)11-8(13)14-2/h4H,3H2,1-2H3,(H,9,12)(H,10,11,13). The van der Waals surface area contributed by atoms with E-state index in [1.54, 1.807) is 12.4 Å². The van der Waals surface area contributed by atoms with Crippen molar-refractivity contribution in [3.63, 3.8) is 0 Å². The topological polar surface area (TPSA) is 80.3 Å². The number of thiazole rings is 1. The molecule has 0 aliphatic carbocycles. The Balaban J connectivity index is 2.56. The number of carbonyl (C=O) groups is 2. The summed E-state index contributed by atoms with van der Waals surface area (Å²) in [5.74, 6) is -0.120. The minimum absolute atomic E-state index is 0.120. The highest BCUT2D eigenvalue weighted by molar-refractivity contribution is 7.13. The smallest absolute Gasteiger partial charge is 0.413 e. The van der Waals surface area contributed by atoms with Gasteiger partial charge in [-0.05, 0) is 0 Å². The van der Waals surface area contributed by atoms with Crippen molar-refractivity contribution in [3.05, 3.63) is 11.1 Å². The van der Waals surface area contributed by atoms with E-state index in [4.69, 9.17) is 0 Å². The van der Waals surface area contributed by atoms with E-state index in [1.807, 2.05) is 0 Å². The molecule has 7 heteroatoms. The lowest BCUT2D eigenvalue weighted by atomic mass is 10.3. The summed E-state index contributed by atoms with van der Waals surface area (Å²) in [6.45, 7) is 0. The number of ether oxygens (including phenoxy) is 1. The van der Waals surface area contributed by atoms with Crippen LogP contribution >= 0.6 is 11.3 Å². The zero-order valence-electron chi connectivity index (χ0n) is 8.36. The van der Waals surface area contributed by atoms with Crippen molar-refractivity contribution < 1.29 is 14.3 Å². The average molecular weight is 229 g/mol. The first-order valence-electron chi connectivity index (χ1n) is 4.15. The van der Waals surface area contributed by atoms with Crippen LogP contribution in [0.5, 0.6) is 0 Å². The number of rotatable bonds is 3. The van der Waals surface area contributed by atoms with Gasteiger partial charge in [-0.3, -0.25) is 10.1 Å². The number of likely N-dealkylation sites (N-methyl/N-ethyl adjacent to an activating group) is 1. The molecule has 0 saturated heterocycles. The molecule has 15 heavy (non-hydrogen) atoms. The van der Waals surface area contributed by atoms with E-state index < -0.39 is 6.09 Å². The van der Waals surface area contributed by atoms with E-state index in [0.717, 1.165) is 0 Å². The van der Waals surface area contributed by atoms with E-state index in [9.17, 15) is 9.59 Å². The number of nitrogens with one attached hydrogen (secondary N) is 2. The summed E-state index contributed by atoms with van der Waals surface area (Å²) >= 11 is 1.24. The first-order chi connectivity index (χ1) is 7.15.